The second-order valence-electron chi connectivity index (χ2n) is 3.84. The highest BCUT2D eigenvalue weighted by atomic mass is 32.1. The molecular formula is C11H13N3OS. The Kier molecular flexibility index (Phi) is 2.87. The zero-order valence-corrected chi connectivity index (χ0v) is 9.99. The number of hydrogen-bond donors (Lipinski definition) is 1. The van der Waals surface area contributed by atoms with E-state index in [0.29, 0.717) is 5.11 Å². The molecule has 16 heavy (non-hydrogen) atoms. The van der Waals surface area contributed by atoms with Crippen molar-refractivity contribution in [3.8, 4) is 0 Å². The molecule has 1 N–H and O–H groups in total. The highest BCUT2D eigenvalue weighted by Gasteiger charge is 2.35. The number of nitrogens with one attached hydrogen (secondary N) is 1. The number of aromatic nitrogens is 1. The molecule has 0 bridgehead atoms. The van der Waals surface area contributed by atoms with Crippen molar-refractivity contribution < 1.29 is 4.79 Å². The summed E-state index contributed by atoms with van der Waals surface area (Å²) in [5.74, 6) is 0.0151. The molecule has 0 aromatic carbocycles. The van der Waals surface area contributed by atoms with Gasteiger partial charge < -0.3 is 5.32 Å². The van der Waals surface area contributed by atoms with Crippen LogP contribution in [0.2, 0.25) is 0 Å². The van der Waals surface area contributed by atoms with Crippen LogP contribution in [0.4, 0.5) is 0 Å². The van der Waals surface area contributed by atoms with Gasteiger partial charge in [0, 0.05) is 12.4 Å². The lowest BCUT2D eigenvalue weighted by Crippen LogP contribution is -2.33. The van der Waals surface area contributed by atoms with Gasteiger partial charge in [-0.3, -0.25) is 14.7 Å². The first kappa shape index (κ1) is 11.0. The quantitative estimate of drug-likeness (QED) is 0.784. The zero-order chi connectivity index (χ0) is 11.7. The van der Waals surface area contributed by atoms with Crippen molar-refractivity contribution in [3.05, 3.63) is 30.1 Å². The highest BCUT2D eigenvalue weighted by Crippen LogP contribution is 2.23. The third-order valence-corrected chi connectivity index (χ3v) is 3.04. The molecule has 0 radical (unpaired) electrons. The van der Waals surface area contributed by atoms with Crippen molar-refractivity contribution in [2.45, 2.75) is 25.9 Å². The number of amides is 1. The molecule has 2 rings (SSSR count). The van der Waals surface area contributed by atoms with E-state index in [0.717, 1.165) is 5.56 Å². The van der Waals surface area contributed by atoms with E-state index in [1.54, 1.807) is 17.3 Å². The van der Waals surface area contributed by atoms with Gasteiger partial charge in [-0.05, 0) is 37.7 Å². The third kappa shape index (κ3) is 1.78. The molecule has 1 aliphatic rings. The van der Waals surface area contributed by atoms with E-state index in [-0.39, 0.29) is 18.0 Å². The van der Waals surface area contributed by atoms with Crippen molar-refractivity contribution in [1.29, 1.82) is 0 Å². The number of rotatable bonds is 2. The van der Waals surface area contributed by atoms with Crippen molar-refractivity contribution in [3.63, 3.8) is 0 Å². The summed E-state index contributed by atoms with van der Waals surface area (Å²) >= 11 is 5.14. The first-order valence-corrected chi connectivity index (χ1v) is 5.55. The first-order chi connectivity index (χ1) is 7.61. The molecular weight excluding hydrogens is 222 g/mol. The molecule has 2 atom stereocenters. The minimum atomic E-state index is -0.230. The predicted molar refractivity (Wildman–Crippen MR) is 64.7 cm³/mol. The van der Waals surface area contributed by atoms with E-state index in [9.17, 15) is 4.79 Å². The van der Waals surface area contributed by atoms with Gasteiger partial charge in [0.15, 0.2) is 5.11 Å². The second kappa shape index (κ2) is 4.17. The molecule has 1 fully saturated rings. The Morgan fingerprint density at radius 1 is 1.62 bits per heavy atom. The molecule has 0 unspecified atom stereocenters. The maximum absolute atomic E-state index is 11.9. The van der Waals surface area contributed by atoms with Crippen LogP contribution in [0.3, 0.4) is 0 Å². The lowest BCUT2D eigenvalue weighted by Gasteiger charge is -2.23. The van der Waals surface area contributed by atoms with Crippen LogP contribution in [-0.4, -0.2) is 26.9 Å². The second-order valence-corrected chi connectivity index (χ2v) is 4.23. The van der Waals surface area contributed by atoms with Gasteiger partial charge in [-0.2, -0.15) is 0 Å². The fourth-order valence-corrected chi connectivity index (χ4v) is 2.19. The van der Waals surface area contributed by atoms with Crippen LogP contribution in [-0.2, 0) is 4.79 Å². The largest absolute Gasteiger partial charge is 0.351 e. The maximum atomic E-state index is 11.9. The van der Waals surface area contributed by atoms with E-state index in [2.05, 4.69) is 10.3 Å². The number of carbonyl (C=O) groups is 1. The highest BCUT2D eigenvalue weighted by molar-refractivity contribution is 7.80. The molecule has 1 aliphatic heterocycles. The summed E-state index contributed by atoms with van der Waals surface area (Å²) in [6.07, 6.45) is 3.46. The zero-order valence-electron chi connectivity index (χ0n) is 9.18. The Balaban J connectivity index is 2.26. The van der Waals surface area contributed by atoms with Crippen molar-refractivity contribution >= 4 is 23.2 Å². The lowest BCUT2D eigenvalue weighted by molar-refractivity contribution is -0.128. The Morgan fingerprint density at radius 3 is 2.88 bits per heavy atom. The predicted octanol–water partition coefficient (Wildman–Crippen LogP) is 1.25. The summed E-state index contributed by atoms with van der Waals surface area (Å²) < 4.78 is 0. The SMILES string of the molecule is C[C@H](c1cccnc1)N1C(=O)[C@@H](C)NC1=S. The number of hydrogen-bond acceptors (Lipinski definition) is 3. The van der Waals surface area contributed by atoms with Crippen LogP contribution >= 0.6 is 12.2 Å². The van der Waals surface area contributed by atoms with Crippen LogP contribution in [0.15, 0.2) is 24.5 Å². The minimum absolute atomic E-state index is 0.0151. The standard InChI is InChI=1S/C11H13N3OS/c1-7-10(15)14(11(16)13-7)8(2)9-4-3-5-12-6-9/h3-8H,1-2H3,(H,13,16)/t7-,8-/m1/s1. The molecule has 1 amide bonds. The van der Waals surface area contributed by atoms with Gasteiger partial charge in [0.05, 0.1) is 6.04 Å². The molecule has 0 aliphatic carbocycles. The van der Waals surface area contributed by atoms with E-state index >= 15 is 0 Å². The van der Waals surface area contributed by atoms with E-state index < -0.39 is 0 Å². The molecule has 1 saturated heterocycles. The van der Waals surface area contributed by atoms with Gasteiger partial charge >= 0.3 is 0 Å². The van der Waals surface area contributed by atoms with Crippen LogP contribution in [0.1, 0.15) is 25.5 Å². The van der Waals surface area contributed by atoms with Gasteiger partial charge in [-0.25, -0.2) is 0 Å². The smallest absolute Gasteiger partial charge is 0.251 e. The van der Waals surface area contributed by atoms with Gasteiger partial charge in [0.2, 0.25) is 0 Å². The molecule has 0 spiro atoms. The van der Waals surface area contributed by atoms with E-state index in [1.165, 1.54) is 0 Å². The lowest BCUT2D eigenvalue weighted by atomic mass is 10.1. The molecule has 4 nitrogen and oxygen atoms in total. The van der Waals surface area contributed by atoms with Crippen LogP contribution < -0.4 is 5.32 Å². The van der Waals surface area contributed by atoms with Gasteiger partial charge in [0.25, 0.3) is 5.91 Å². The molecule has 1 aromatic heterocycles. The summed E-state index contributed by atoms with van der Waals surface area (Å²) in [4.78, 5) is 17.5. The van der Waals surface area contributed by atoms with Gasteiger partial charge in [0.1, 0.15) is 6.04 Å². The topological polar surface area (TPSA) is 45.2 Å². The summed E-state index contributed by atoms with van der Waals surface area (Å²) in [6.45, 7) is 3.76. The maximum Gasteiger partial charge on any atom is 0.251 e. The first-order valence-electron chi connectivity index (χ1n) is 5.14. The normalized spacial score (nSPS) is 22.1. The minimum Gasteiger partial charge on any atom is -0.351 e. The average Bonchev–Trinajstić information content (AvgIpc) is 2.54. The van der Waals surface area contributed by atoms with Crippen LogP contribution in [0, 0.1) is 0 Å². The summed E-state index contributed by atoms with van der Waals surface area (Å²) in [5, 5.41) is 3.45. The molecule has 5 heteroatoms. The summed E-state index contributed by atoms with van der Waals surface area (Å²) in [7, 11) is 0. The Morgan fingerprint density at radius 2 is 2.38 bits per heavy atom. The Hall–Kier alpha value is -1.49. The monoisotopic (exact) mass is 235 g/mol. The van der Waals surface area contributed by atoms with Crippen LogP contribution in [0.5, 0.6) is 0 Å². The van der Waals surface area contributed by atoms with E-state index in [1.807, 2.05) is 26.0 Å². The number of thiocarbonyl (C=S) groups is 1. The van der Waals surface area contributed by atoms with E-state index in [4.69, 9.17) is 12.2 Å². The van der Waals surface area contributed by atoms with Gasteiger partial charge in [-0.1, -0.05) is 6.07 Å². The van der Waals surface area contributed by atoms with Crippen LogP contribution in [0.25, 0.3) is 0 Å². The number of carbonyl (C=O) groups excluding carboxylic acids is 1. The fraction of sp³-hybridized carbons (Fsp3) is 0.364. The van der Waals surface area contributed by atoms with Crippen molar-refractivity contribution in [2.75, 3.05) is 0 Å². The number of pyridine rings is 1. The molecule has 84 valence electrons. The molecule has 1 aromatic rings. The fourth-order valence-electron chi connectivity index (χ4n) is 1.76. The van der Waals surface area contributed by atoms with Crippen molar-refractivity contribution in [2.24, 2.45) is 0 Å². The molecule has 2 heterocycles. The summed E-state index contributed by atoms with van der Waals surface area (Å²) in [5.41, 5.74) is 0.981. The Bertz CT molecular complexity index is 420. The average molecular weight is 235 g/mol. The Labute approximate surface area is 99.7 Å². The van der Waals surface area contributed by atoms with Crippen molar-refractivity contribution in [1.82, 2.24) is 15.2 Å². The third-order valence-electron chi connectivity index (χ3n) is 2.72. The van der Waals surface area contributed by atoms with Gasteiger partial charge in [-0.15, -0.1) is 0 Å². The summed E-state index contributed by atoms with van der Waals surface area (Å²) in [6, 6.07) is 3.49. The molecule has 0 saturated carbocycles. The number of nitrogens with zero attached hydrogens (tertiary/aromatic N) is 2.